The number of fused-ring (bicyclic) bond motifs is 1. The van der Waals surface area contributed by atoms with Gasteiger partial charge < -0.3 is 14.3 Å². The van der Waals surface area contributed by atoms with Crippen LogP contribution in [0.15, 0.2) is 63.8 Å². The Labute approximate surface area is 134 Å². The molecule has 0 radical (unpaired) electrons. The smallest absolute Gasteiger partial charge is 0.339 e. The van der Waals surface area contributed by atoms with Gasteiger partial charge in [-0.15, -0.1) is 0 Å². The molecule has 0 amide bonds. The average Bonchev–Trinajstić information content (AvgIpc) is 2.55. The van der Waals surface area contributed by atoms with Crippen molar-refractivity contribution < 1.29 is 14.3 Å². The zero-order valence-corrected chi connectivity index (χ0v) is 12.7. The van der Waals surface area contributed by atoms with Gasteiger partial charge in [0, 0.05) is 6.07 Å². The van der Waals surface area contributed by atoms with E-state index in [1.54, 1.807) is 18.2 Å². The Morgan fingerprint density at radius 3 is 2.65 bits per heavy atom. The molecule has 0 aliphatic rings. The summed E-state index contributed by atoms with van der Waals surface area (Å²) in [6, 6.07) is 16.5. The SMILES string of the molecule is O=c1cc(O)c2ccc(OCCCCc3ccccc3)cc2o1. The van der Waals surface area contributed by atoms with Crippen LogP contribution < -0.4 is 10.4 Å². The molecule has 118 valence electrons. The molecule has 0 aliphatic heterocycles. The zero-order valence-electron chi connectivity index (χ0n) is 12.7. The van der Waals surface area contributed by atoms with E-state index in [-0.39, 0.29) is 5.75 Å². The molecule has 23 heavy (non-hydrogen) atoms. The lowest BCUT2D eigenvalue weighted by atomic mass is 10.1. The minimum Gasteiger partial charge on any atom is -0.507 e. The quantitative estimate of drug-likeness (QED) is 0.554. The first-order chi connectivity index (χ1) is 11.2. The molecule has 0 atom stereocenters. The second-order valence-corrected chi connectivity index (χ2v) is 5.40. The number of aromatic hydroxyl groups is 1. The maximum atomic E-state index is 11.3. The highest BCUT2D eigenvalue weighted by atomic mass is 16.5. The molecule has 0 bridgehead atoms. The summed E-state index contributed by atoms with van der Waals surface area (Å²) in [5.41, 5.74) is 1.09. The van der Waals surface area contributed by atoms with Gasteiger partial charge in [0.15, 0.2) is 0 Å². The van der Waals surface area contributed by atoms with E-state index in [1.807, 2.05) is 18.2 Å². The average molecular weight is 310 g/mol. The minimum absolute atomic E-state index is 0.0781. The normalized spacial score (nSPS) is 10.8. The number of hydrogen-bond donors (Lipinski definition) is 1. The van der Waals surface area contributed by atoms with Crippen LogP contribution in [0.3, 0.4) is 0 Å². The van der Waals surface area contributed by atoms with Crippen LogP contribution in [-0.4, -0.2) is 11.7 Å². The van der Waals surface area contributed by atoms with Crippen LogP contribution in [0.4, 0.5) is 0 Å². The van der Waals surface area contributed by atoms with Gasteiger partial charge in [-0.1, -0.05) is 30.3 Å². The lowest BCUT2D eigenvalue weighted by Crippen LogP contribution is -1.99. The van der Waals surface area contributed by atoms with Crippen molar-refractivity contribution in [1.82, 2.24) is 0 Å². The number of rotatable bonds is 6. The summed E-state index contributed by atoms with van der Waals surface area (Å²) in [6.07, 6.45) is 3.02. The largest absolute Gasteiger partial charge is 0.507 e. The van der Waals surface area contributed by atoms with Gasteiger partial charge in [-0.2, -0.15) is 0 Å². The second-order valence-electron chi connectivity index (χ2n) is 5.40. The molecule has 2 aromatic carbocycles. The van der Waals surface area contributed by atoms with E-state index in [2.05, 4.69) is 12.1 Å². The van der Waals surface area contributed by atoms with E-state index in [4.69, 9.17) is 9.15 Å². The minimum atomic E-state index is -0.574. The van der Waals surface area contributed by atoms with Gasteiger partial charge in [-0.05, 0) is 37.0 Å². The van der Waals surface area contributed by atoms with Gasteiger partial charge in [0.2, 0.25) is 0 Å². The fraction of sp³-hybridized carbons (Fsp3) is 0.211. The maximum Gasteiger partial charge on any atom is 0.339 e. The zero-order chi connectivity index (χ0) is 16.1. The van der Waals surface area contributed by atoms with Crippen molar-refractivity contribution in [3.05, 3.63) is 70.6 Å². The molecule has 0 unspecified atom stereocenters. The van der Waals surface area contributed by atoms with Crippen molar-refractivity contribution in [1.29, 1.82) is 0 Å². The first kappa shape index (κ1) is 15.2. The van der Waals surface area contributed by atoms with E-state index in [0.29, 0.717) is 23.3 Å². The predicted molar refractivity (Wildman–Crippen MR) is 89.0 cm³/mol. The highest BCUT2D eigenvalue weighted by Gasteiger charge is 2.05. The summed E-state index contributed by atoms with van der Waals surface area (Å²) in [5, 5.41) is 10.2. The van der Waals surface area contributed by atoms with Crippen LogP contribution in [-0.2, 0) is 6.42 Å². The Bertz CT molecular complexity index is 837. The molecule has 4 nitrogen and oxygen atoms in total. The van der Waals surface area contributed by atoms with Crippen LogP contribution in [0.25, 0.3) is 11.0 Å². The number of benzene rings is 2. The molecule has 0 saturated heterocycles. The summed E-state index contributed by atoms with van der Waals surface area (Å²) in [7, 11) is 0. The van der Waals surface area contributed by atoms with Crippen LogP contribution in [0.2, 0.25) is 0 Å². The maximum absolute atomic E-state index is 11.3. The van der Waals surface area contributed by atoms with Gasteiger partial charge in [0.25, 0.3) is 0 Å². The van der Waals surface area contributed by atoms with Crippen LogP contribution >= 0.6 is 0 Å². The Morgan fingerprint density at radius 2 is 1.83 bits per heavy atom. The molecular weight excluding hydrogens is 292 g/mol. The molecule has 1 N–H and O–H groups in total. The van der Waals surface area contributed by atoms with Crippen molar-refractivity contribution in [2.75, 3.05) is 6.61 Å². The molecule has 0 aliphatic carbocycles. The molecule has 0 spiro atoms. The monoisotopic (exact) mass is 310 g/mol. The van der Waals surface area contributed by atoms with Crippen molar-refractivity contribution in [2.45, 2.75) is 19.3 Å². The number of hydrogen-bond acceptors (Lipinski definition) is 4. The first-order valence-corrected chi connectivity index (χ1v) is 7.66. The number of ether oxygens (including phenoxy) is 1. The van der Waals surface area contributed by atoms with E-state index in [1.165, 1.54) is 5.56 Å². The van der Waals surface area contributed by atoms with Crippen molar-refractivity contribution in [3.8, 4) is 11.5 Å². The molecule has 1 aromatic heterocycles. The van der Waals surface area contributed by atoms with Gasteiger partial charge in [0.05, 0.1) is 18.1 Å². The van der Waals surface area contributed by atoms with E-state index in [0.717, 1.165) is 25.3 Å². The Morgan fingerprint density at radius 1 is 1.00 bits per heavy atom. The van der Waals surface area contributed by atoms with E-state index in [9.17, 15) is 9.90 Å². The Kier molecular flexibility index (Phi) is 4.62. The van der Waals surface area contributed by atoms with Gasteiger partial charge in [-0.3, -0.25) is 0 Å². The van der Waals surface area contributed by atoms with Gasteiger partial charge in [0.1, 0.15) is 17.1 Å². The highest BCUT2D eigenvalue weighted by Crippen LogP contribution is 2.26. The van der Waals surface area contributed by atoms with E-state index >= 15 is 0 Å². The molecule has 0 fully saturated rings. The lowest BCUT2D eigenvalue weighted by molar-refractivity contribution is 0.307. The fourth-order valence-corrected chi connectivity index (χ4v) is 2.48. The van der Waals surface area contributed by atoms with E-state index < -0.39 is 5.63 Å². The summed E-state index contributed by atoms with van der Waals surface area (Å²) in [4.78, 5) is 11.3. The third-order valence-corrected chi connectivity index (χ3v) is 3.67. The molecular formula is C19H18O4. The Balaban J connectivity index is 1.54. The molecule has 3 rings (SSSR count). The molecule has 0 saturated carbocycles. The topological polar surface area (TPSA) is 59.7 Å². The van der Waals surface area contributed by atoms with Gasteiger partial charge >= 0.3 is 5.63 Å². The third-order valence-electron chi connectivity index (χ3n) is 3.67. The first-order valence-electron chi connectivity index (χ1n) is 7.66. The Hall–Kier alpha value is -2.75. The number of unbranched alkanes of at least 4 members (excludes halogenated alkanes) is 1. The number of aryl methyl sites for hydroxylation is 1. The third kappa shape index (κ3) is 3.92. The summed E-state index contributed by atoms with van der Waals surface area (Å²) < 4.78 is 10.8. The summed E-state index contributed by atoms with van der Waals surface area (Å²) in [6.45, 7) is 0.599. The highest BCUT2D eigenvalue weighted by molar-refractivity contribution is 5.83. The summed E-state index contributed by atoms with van der Waals surface area (Å²) >= 11 is 0. The lowest BCUT2D eigenvalue weighted by Gasteiger charge is -2.07. The second kappa shape index (κ2) is 7.01. The molecule has 1 heterocycles. The van der Waals surface area contributed by atoms with Crippen molar-refractivity contribution in [2.24, 2.45) is 0 Å². The van der Waals surface area contributed by atoms with Crippen molar-refractivity contribution in [3.63, 3.8) is 0 Å². The molecule has 3 aromatic rings. The van der Waals surface area contributed by atoms with Crippen LogP contribution in [0.5, 0.6) is 11.5 Å². The van der Waals surface area contributed by atoms with Gasteiger partial charge in [-0.25, -0.2) is 4.79 Å². The summed E-state index contributed by atoms with van der Waals surface area (Å²) in [5.74, 6) is 0.552. The standard InChI is InChI=1S/C19H18O4/c20-17-13-19(21)23-18-12-15(9-10-16(17)18)22-11-5-4-8-14-6-2-1-3-7-14/h1-3,6-7,9-10,12-13,20H,4-5,8,11H2. The van der Waals surface area contributed by atoms with Crippen molar-refractivity contribution >= 4 is 11.0 Å². The molecule has 4 heteroatoms. The van der Waals surface area contributed by atoms with Crippen LogP contribution in [0, 0.1) is 0 Å². The predicted octanol–water partition coefficient (Wildman–Crippen LogP) is 3.90. The van der Waals surface area contributed by atoms with Crippen LogP contribution in [0.1, 0.15) is 18.4 Å². The fourth-order valence-electron chi connectivity index (χ4n) is 2.48.